The fourth-order valence-corrected chi connectivity index (χ4v) is 2.35. The molecule has 108 valence electrons. The quantitative estimate of drug-likeness (QED) is 0.742. The highest BCUT2D eigenvalue weighted by molar-refractivity contribution is 7.88. The smallest absolute Gasteiger partial charge is 0.237 e. The Bertz CT molecular complexity index is 550. The third-order valence-corrected chi connectivity index (χ3v) is 3.56. The predicted octanol–water partition coefficient (Wildman–Crippen LogP) is -0.446. The van der Waals surface area contributed by atoms with Crippen LogP contribution in [0.15, 0.2) is 6.33 Å². The van der Waals surface area contributed by atoms with Crippen molar-refractivity contribution in [3.05, 3.63) is 17.7 Å². The molecule has 0 saturated carbocycles. The van der Waals surface area contributed by atoms with E-state index in [1.807, 2.05) is 18.4 Å². The minimum absolute atomic E-state index is 0.347. The number of aryl methyl sites for hydroxylation is 1. The van der Waals surface area contributed by atoms with Gasteiger partial charge in [0.05, 0.1) is 24.3 Å². The van der Waals surface area contributed by atoms with Crippen molar-refractivity contribution in [2.45, 2.75) is 33.4 Å². The summed E-state index contributed by atoms with van der Waals surface area (Å²) in [5.41, 5.74) is 2.01. The van der Waals surface area contributed by atoms with Gasteiger partial charge in [0.15, 0.2) is 0 Å². The van der Waals surface area contributed by atoms with E-state index in [4.69, 9.17) is 0 Å². The molecule has 7 nitrogen and oxygen atoms in total. The number of aromatic nitrogens is 2. The molecule has 1 unspecified atom stereocenters. The van der Waals surface area contributed by atoms with Crippen LogP contribution in [0.1, 0.15) is 18.3 Å². The van der Waals surface area contributed by atoms with E-state index in [1.165, 1.54) is 6.92 Å². The topological polar surface area (TPSA) is 93.1 Å². The first-order valence-electron chi connectivity index (χ1n) is 5.94. The average molecular weight is 288 g/mol. The largest absolute Gasteiger partial charge is 0.353 e. The van der Waals surface area contributed by atoms with Gasteiger partial charge in [-0.2, -0.15) is 0 Å². The second-order valence-corrected chi connectivity index (χ2v) is 6.29. The van der Waals surface area contributed by atoms with Crippen LogP contribution >= 0.6 is 0 Å². The fraction of sp³-hybridized carbons (Fsp3) is 0.636. The number of imidazole rings is 1. The van der Waals surface area contributed by atoms with Gasteiger partial charge in [-0.15, -0.1) is 0 Å². The lowest BCUT2D eigenvalue weighted by atomic mass is 10.3. The Morgan fingerprint density at radius 1 is 1.47 bits per heavy atom. The molecule has 0 saturated heterocycles. The first kappa shape index (κ1) is 15.6. The van der Waals surface area contributed by atoms with Crippen molar-refractivity contribution < 1.29 is 13.2 Å². The van der Waals surface area contributed by atoms with Crippen molar-refractivity contribution in [2.24, 2.45) is 0 Å². The summed E-state index contributed by atoms with van der Waals surface area (Å²) in [6.07, 6.45) is 2.74. The monoisotopic (exact) mass is 288 g/mol. The molecule has 0 aliphatic rings. The van der Waals surface area contributed by atoms with Crippen molar-refractivity contribution in [1.29, 1.82) is 0 Å². The van der Waals surface area contributed by atoms with Crippen LogP contribution < -0.4 is 10.0 Å². The lowest BCUT2D eigenvalue weighted by Crippen LogP contribution is -2.45. The highest BCUT2D eigenvalue weighted by Crippen LogP contribution is 2.02. The molecule has 1 aromatic rings. The van der Waals surface area contributed by atoms with Crippen LogP contribution in [0.5, 0.6) is 0 Å². The number of sulfonamides is 1. The molecule has 1 aromatic heterocycles. The molecule has 0 bridgehead atoms. The first-order valence-corrected chi connectivity index (χ1v) is 7.83. The van der Waals surface area contributed by atoms with E-state index in [9.17, 15) is 13.2 Å². The molecule has 0 fully saturated rings. The second-order valence-electron chi connectivity index (χ2n) is 4.51. The van der Waals surface area contributed by atoms with Crippen molar-refractivity contribution >= 4 is 15.9 Å². The fourth-order valence-electron chi connectivity index (χ4n) is 1.60. The number of carbonyl (C=O) groups is 1. The highest BCUT2D eigenvalue weighted by atomic mass is 32.2. The van der Waals surface area contributed by atoms with Gasteiger partial charge in [-0.1, -0.05) is 0 Å². The van der Waals surface area contributed by atoms with Crippen LogP contribution in [-0.4, -0.2) is 42.7 Å². The Morgan fingerprint density at radius 2 is 2.11 bits per heavy atom. The molecule has 19 heavy (non-hydrogen) atoms. The Labute approximate surface area is 113 Å². The summed E-state index contributed by atoms with van der Waals surface area (Å²) in [5.74, 6) is -0.347. The molecule has 0 spiro atoms. The Hall–Kier alpha value is -1.41. The zero-order valence-electron chi connectivity index (χ0n) is 11.6. The molecule has 0 aromatic carbocycles. The standard InChI is InChI=1S/C11H20N4O3S/c1-8-10(3)15(7-13-8)6-5-12-11(16)9(2)14-19(4,17)18/h7,9,14H,5-6H2,1-4H3,(H,12,16). The lowest BCUT2D eigenvalue weighted by Gasteiger charge is -2.13. The zero-order valence-corrected chi connectivity index (χ0v) is 12.4. The summed E-state index contributed by atoms with van der Waals surface area (Å²) in [6, 6.07) is -0.777. The summed E-state index contributed by atoms with van der Waals surface area (Å²) in [6.45, 7) is 6.40. The van der Waals surface area contributed by atoms with Crippen LogP contribution in [0.3, 0.4) is 0 Å². The molecule has 1 heterocycles. The molecule has 0 radical (unpaired) electrons. The first-order chi connectivity index (χ1) is 8.70. The molecule has 8 heteroatoms. The number of carbonyl (C=O) groups excluding carboxylic acids is 1. The highest BCUT2D eigenvalue weighted by Gasteiger charge is 2.16. The maximum absolute atomic E-state index is 11.6. The van der Waals surface area contributed by atoms with Crippen molar-refractivity contribution in [3.63, 3.8) is 0 Å². The third kappa shape index (κ3) is 4.99. The van der Waals surface area contributed by atoms with Crippen LogP contribution in [0.4, 0.5) is 0 Å². The van der Waals surface area contributed by atoms with Crippen LogP contribution in [0.25, 0.3) is 0 Å². The van der Waals surface area contributed by atoms with Gasteiger partial charge in [0.2, 0.25) is 15.9 Å². The summed E-state index contributed by atoms with van der Waals surface area (Å²) >= 11 is 0. The maximum Gasteiger partial charge on any atom is 0.237 e. The lowest BCUT2D eigenvalue weighted by molar-refractivity contribution is -0.122. The number of hydrogen-bond donors (Lipinski definition) is 2. The van der Waals surface area contributed by atoms with Gasteiger partial charge < -0.3 is 9.88 Å². The van der Waals surface area contributed by atoms with E-state index in [1.54, 1.807) is 6.33 Å². The SMILES string of the molecule is Cc1ncn(CCNC(=O)C(C)NS(C)(=O)=O)c1C. The minimum atomic E-state index is -3.38. The molecular weight excluding hydrogens is 268 g/mol. The van der Waals surface area contributed by atoms with Gasteiger partial charge >= 0.3 is 0 Å². The molecule has 1 amide bonds. The minimum Gasteiger partial charge on any atom is -0.353 e. The number of nitrogens with one attached hydrogen (secondary N) is 2. The molecular formula is C11H20N4O3S. The van der Waals surface area contributed by atoms with E-state index in [-0.39, 0.29) is 5.91 Å². The third-order valence-electron chi connectivity index (χ3n) is 2.78. The van der Waals surface area contributed by atoms with Crippen LogP contribution in [0.2, 0.25) is 0 Å². The predicted molar refractivity (Wildman–Crippen MR) is 72.2 cm³/mol. The Morgan fingerprint density at radius 3 is 2.58 bits per heavy atom. The molecule has 0 aliphatic heterocycles. The van der Waals surface area contributed by atoms with Gasteiger partial charge in [-0.05, 0) is 20.8 Å². The second kappa shape index (κ2) is 6.16. The van der Waals surface area contributed by atoms with Crippen molar-refractivity contribution in [1.82, 2.24) is 19.6 Å². The van der Waals surface area contributed by atoms with Gasteiger partial charge in [0.1, 0.15) is 0 Å². The number of amides is 1. The van der Waals surface area contributed by atoms with Gasteiger partial charge in [-0.25, -0.2) is 18.1 Å². The van der Waals surface area contributed by atoms with E-state index in [2.05, 4.69) is 15.0 Å². The number of hydrogen-bond acceptors (Lipinski definition) is 4. The Kier molecular flexibility index (Phi) is 5.07. The van der Waals surface area contributed by atoms with Crippen LogP contribution in [0, 0.1) is 13.8 Å². The van der Waals surface area contributed by atoms with Gasteiger partial charge in [-0.3, -0.25) is 4.79 Å². The van der Waals surface area contributed by atoms with Crippen molar-refractivity contribution in [2.75, 3.05) is 12.8 Å². The molecule has 1 atom stereocenters. The van der Waals surface area contributed by atoms with E-state index >= 15 is 0 Å². The molecule has 0 aliphatic carbocycles. The Balaban J connectivity index is 2.41. The molecule has 1 rings (SSSR count). The van der Waals surface area contributed by atoms with Gasteiger partial charge in [0.25, 0.3) is 0 Å². The molecule has 2 N–H and O–H groups in total. The summed E-state index contributed by atoms with van der Waals surface area (Å²) < 4.78 is 26.1. The number of nitrogens with zero attached hydrogens (tertiary/aromatic N) is 2. The maximum atomic E-state index is 11.6. The zero-order chi connectivity index (χ0) is 14.6. The summed E-state index contributed by atoms with van der Waals surface area (Å²) in [4.78, 5) is 15.8. The normalized spacial score (nSPS) is 13.3. The summed E-state index contributed by atoms with van der Waals surface area (Å²) in [7, 11) is -3.38. The van der Waals surface area contributed by atoms with Gasteiger partial charge in [0, 0.05) is 18.8 Å². The van der Waals surface area contributed by atoms with Crippen LogP contribution in [-0.2, 0) is 21.4 Å². The summed E-state index contributed by atoms with van der Waals surface area (Å²) in [5, 5.41) is 2.68. The van der Waals surface area contributed by atoms with Crippen molar-refractivity contribution in [3.8, 4) is 0 Å². The van der Waals surface area contributed by atoms with E-state index in [0.29, 0.717) is 13.1 Å². The number of rotatable bonds is 6. The van der Waals surface area contributed by atoms with E-state index in [0.717, 1.165) is 17.6 Å². The average Bonchev–Trinajstić information content (AvgIpc) is 2.58. The van der Waals surface area contributed by atoms with E-state index < -0.39 is 16.1 Å².